The number of nitrogens with zero attached hydrogens (tertiary/aromatic N) is 2. The second-order valence-corrected chi connectivity index (χ2v) is 9.50. The number of carbonyl (C=O) groups is 2. The van der Waals surface area contributed by atoms with E-state index >= 15 is 0 Å². The van der Waals surface area contributed by atoms with Crippen molar-refractivity contribution in [2.24, 2.45) is 11.3 Å². The minimum atomic E-state index is -1.13. The van der Waals surface area contributed by atoms with Gasteiger partial charge in [-0.1, -0.05) is 13.8 Å². The number of amides is 1. The van der Waals surface area contributed by atoms with Gasteiger partial charge in [0.1, 0.15) is 0 Å². The van der Waals surface area contributed by atoms with Crippen molar-refractivity contribution in [3.05, 3.63) is 46.0 Å². The number of fused-ring (bicyclic) bond motifs is 1. The number of nitrogens with one attached hydrogen (secondary N) is 1. The zero-order valence-corrected chi connectivity index (χ0v) is 19.9. The molecule has 1 aromatic carbocycles. The summed E-state index contributed by atoms with van der Waals surface area (Å²) in [6.07, 6.45) is 3.40. The van der Waals surface area contributed by atoms with Crippen LogP contribution in [0.2, 0.25) is 0 Å². The first-order chi connectivity index (χ1) is 16.3. The largest absolute Gasteiger partial charge is 0.493 e. The van der Waals surface area contributed by atoms with Crippen molar-refractivity contribution < 1.29 is 28.6 Å². The smallest absolute Gasteiger partial charge is 0.336 e. The Balaban J connectivity index is 1.66. The molecular weight excluding hydrogens is 441 g/mol. The Bertz CT molecular complexity index is 1090. The van der Waals surface area contributed by atoms with E-state index in [-0.39, 0.29) is 28.6 Å². The lowest BCUT2D eigenvalue weighted by Gasteiger charge is -2.36. The zero-order chi connectivity index (χ0) is 24.5. The average Bonchev–Trinajstić information content (AvgIpc) is 3.07. The number of benzene rings is 1. The fourth-order valence-electron chi connectivity index (χ4n) is 5.25. The number of hydrogen-bond donors (Lipinski definition) is 2. The third-order valence-electron chi connectivity index (χ3n) is 7.10. The minimum Gasteiger partial charge on any atom is -0.493 e. The number of carbonyl (C=O) groups excluding carboxylic acids is 1. The van der Waals surface area contributed by atoms with Gasteiger partial charge in [-0.2, -0.15) is 5.10 Å². The molecule has 0 radical (unpaired) electrons. The average molecular weight is 474 g/mol. The van der Waals surface area contributed by atoms with E-state index in [1.54, 1.807) is 0 Å². The molecule has 184 valence electrons. The summed E-state index contributed by atoms with van der Waals surface area (Å²) in [6.45, 7) is 6.39. The first-order valence-corrected chi connectivity index (χ1v) is 11.8. The number of ether oxygens (including phenoxy) is 2. The summed E-state index contributed by atoms with van der Waals surface area (Å²) in [5.74, 6) is -1.93. The Kier molecular flexibility index (Phi) is 6.93. The first-order valence-electron chi connectivity index (χ1n) is 11.8. The summed E-state index contributed by atoms with van der Waals surface area (Å²) in [7, 11) is 1.34. The second-order valence-electron chi connectivity index (χ2n) is 9.50. The maximum absolute atomic E-state index is 14.3. The molecule has 0 unspecified atom stereocenters. The van der Waals surface area contributed by atoms with Gasteiger partial charge in [0.25, 0.3) is 5.91 Å². The summed E-state index contributed by atoms with van der Waals surface area (Å²) < 4.78 is 27.0. The van der Waals surface area contributed by atoms with Gasteiger partial charge in [0.15, 0.2) is 11.6 Å². The maximum atomic E-state index is 14.3. The Morgan fingerprint density at radius 1 is 1.38 bits per heavy atom. The number of aromatic nitrogens is 2. The Morgan fingerprint density at radius 3 is 2.76 bits per heavy atom. The third-order valence-corrected chi connectivity index (χ3v) is 7.10. The second kappa shape index (κ2) is 9.74. The van der Waals surface area contributed by atoms with Crippen molar-refractivity contribution in [1.29, 1.82) is 0 Å². The van der Waals surface area contributed by atoms with Crippen LogP contribution in [0.5, 0.6) is 5.75 Å². The molecule has 0 aliphatic carbocycles. The number of halogens is 1. The van der Waals surface area contributed by atoms with Crippen LogP contribution in [0.15, 0.2) is 12.1 Å². The van der Waals surface area contributed by atoms with Gasteiger partial charge in [0, 0.05) is 31.9 Å². The van der Waals surface area contributed by atoms with E-state index < -0.39 is 11.8 Å². The van der Waals surface area contributed by atoms with E-state index in [0.29, 0.717) is 50.3 Å². The van der Waals surface area contributed by atoms with E-state index in [1.807, 2.05) is 18.5 Å². The van der Waals surface area contributed by atoms with E-state index in [1.165, 1.54) is 13.2 Å². The van der Waals surface area contributed by atoms with Gasteiger partial charge in [0.05, 0.1) is 29.6 Å². The quantitative estimate of drug-likeness (QED) is 0.640. The first kappa shape index (κ1) is 24.2. The Labute approximate surface area is 198 Å². The fourth-order valence-corrected chi connectivity index (χ4v) is 5.25. The lowest BCUT2D eigenvalue weighted by molar-refractivity contribution is 0.0152. The molecule has 3 heterocycles. The number of carboxylic acids is 1. The summed E-state index contributed by atoms with van der Waals surface area (Å²) in [5.41, 5.74) is 2.64. The number of hydrogen-bond acceptors (Lipinski definition) is 5. The standard InChI is InChI=1S/C25H32FN3O5/c1-4-19-21-20(12-25(14-27-23(21)30)7-9-34-10-8-25)29(28-19)13-15(2)11-17-16(24(31)32)5-6-18(26)22(17)33-3/h5-6,15H,4,7-14H2,1-3H3,(H,27,30)(H,31,32)/t15-/m1/s1. The van der Waals surface area contributed by atoms with Gasteiger partial charge in [-0.3, -0.25) is 9.48 Å². The Morgan fingerprint density at radius 2 is 2.12 bits per heavy atom. The molecule has 0 bridgehead atoms. The van der Waals surface area contributed by atoms with Crippen LogP contribution in [-0.2, 0) is 30.5 Å². The van der Waals surface area contributed by atoms with E-state index in [0.717, 1.165) is 36.7 Å². The normalized spacial score (nSPS) is 18.2. The molecule has 2 N–H and O–H groups in total. The summed E-state index contributed by atoms with van der Waals surface area (Å²) >= 11 is 0. The van der Waals surface area contributed by atoms with Crippen LogP contribution >= 0.6 is 0 Å². The van der Waals surface area contributed by atoms with Gasteiger partial charge in [-0.05, 0) is 55.6 Å². The van der Waals surface area contributed by atoms with Crippen molar-refractivity contribution in [2.45, 2.75) is 52.5 Å². The topological polar surface area (TPSA) is 103 Å². The monoisotopic (exact) mass is 473 g/mol. The van der Waals surface area contributed by atoms with E-state index in [9.17, 15) is 19.1 Å². The van der Waals surface area contributed by atoms with Crippen LogP contribution in [0.3, 0.4) is 0 Å². The van der Waals surface area contributed by atoms with Crippen LogP contribution in [0.25, 0.3) is 0 Å². The molecule has 1 fully saturated rings. The van der Waals surface area contributed by atoms with E-state index in [4.69, 9.17) is 14.6 Å². The van der Waals surface area contributed by atoms with Crippen LogP contribution in [0.1, 0.15) is 64.4 Å². The highest BCUT2D eigenvalue weighted by Crippen LogP contribution is 2.38. The molecule has 1 spiro atoms. The maximum Gasteiger partial charge on any atom is 0.336 e. The molecule has 1 aromatic heterocycles. The lowest BCUT2D eigenvalue weighted by atomic mass is 9.76. The summed E-state index contributed by atoms with van der Waals surface area (Å²) in [6, 6.07) is 2.39. The Hall–Kier alpha value is -2.94. The summed E-state index contributed by atoms with van der Waals surface area (Å²) in [4.78, 5) is 24.8. The molecule has 8 nitrogen and oxygen atoms in total. The molecular formula is C25H32FN3O5. The van der Waals surface area contributed by atoms with Crippen molar-refractivity contribution in [1.82, 2.24) is 15.1 Å². The highest BCUT2D eigenvalue weighted by molar-refractivity contribution is 5.97. The number of aryl methyl sites for hydroxylation is 1. The van der Waals surface area contributed by atoms with Crippen molar-refractivity contribution in [2.75, 3.05) is 26.9 Å². The number of carboxylic acid groups (broad SMARTS) is 1. The fraction of sp³-hybridized carbons (Fsp3) is 0.560. The van der Waals surface area contributed by atoms with Crippen LogP contribution in [0.4, 0.5) is 4.39 Å². The van der Waals surface area contributed by atoms with Crippen molar-refractivity contribution in [3.8, 4) is 5.75 Å². The van der Waals surface area contributed by atoms with Crippen molar-refractivity contribution >= 4 is 11.9 Å². The predicted molar refractivity (Wildman–Crippen MR) is 123 cm³/mol. The minimum absolute atomic E-state index is 0.0270. The molecule has 1 amide bonds. The molecule has 2 aliphatic heterocycles. The van der Waals surface area contributed by atoms with Gasteiger partial charge in [-0.25, -0.2) is 9.18 Å². The number of methoxy groups -OCH3 is 1. The van der Waals surface area contributed by atoms with Crippen molar-refractivity contribution in [3.63, 3.8) is 0 Å². The zero-order valence-electron chi connectivity index (χ0n) is 19.9. The van der Waals surface area contributed by atoms with Gasteiger partial charge >= 0.3 is 5.97 Å². The van der Waals surface area contributed by atoms with Crippen LogP contribution in [0, 0.1) is 17.2 Å². The van der Waals surface area contributed by atoms with Crippen LogP contribution in [-0.4, -0.2) is 53.6 Å². The molecule has 34 heavy (non-hydrogen) atoms. The molecule has 9 heteroatoms. The van der Waals surface area contributed by atoms with Gasteiger partial charge in [0.2, 0.25) is 0 Å². The summed E-state index contributed by atoms with van der Waals surface area (Å²) in [5, 5.41) is 17.5. The van der Waals surface area contributed by atoms with Gasteiger partial charge < -0.3 is 19.9 Å². The molecule has 2 aromatic rings. The predicted octanol–water partition coefficient (Wildman–Crippen LogP) is 3.25. The number of rotatable bonds is 7. The van der Waals surface area contributed by atoms with Crippen LogP contribution < -0.4 is 10.1 Å². The molecule has 1 atom stereocenters. The van der Waals surface area contributed by atoms with Gasteiger partial charge in [-0.15, -0.1) is 0 Å². The lowest BCUT2D eigenvalue weighted by Crippen LogP contribution is -2.40. The van der Waals surface area contributed by atoms with E-state index in [2.05, 4.69) is 5.32 Å². The SMILES string of the molecule is CCc1nn(C[C@H](C)Cc2c(C(=O)O)ccc(F)c2OC)c2c1C(=O)NCC1(CCOCC1)C2. The third kappa shape index (κ3) is 4.53. The molecule has 0 saturated carbocycles. The molecule has 1 saturated heterocycles. The molecule has 2 aliphatic rings. The highest BCUT2D eigenvalue weighted by Gasteiger charge is 2.39. The highest BCUT2D eigenvalue weighted by atomic mass is 19.1. The number of aromatic carboxylic acids is 1. The molecule has 4 rings (SSSR count).